The SMILES string of the molecule is c1ccc(-c2nc(-c3ccccc3)nc(-c3cccc4oc5c(-c6cccc(-c7nc(-c8ccccc8)c8oc9ccccc9c8n7)c6)cccc5c34)n2)cc1. The molecule has 0 radical (unpaired) electrons. The van der Waals surface area contributed by atoms with Crippen molar-refractivity contribution in [1.82, 2.24) is 24.9 Å². The van der Waals surface area contributed by atoms with Crippen LogP contribution in [0.25, 0.3) is 112 Å². The summed E-state index contributed by atoms with van der Waals surface area (Å²) in [5.74, 6) is 2.40. The third-order valence-corrected chi connectivity index (χ3v) is 10.2. The van der Waals surface area contributed by atoms with E-state index in [0.29, 0.717) is 28.9 Å². The maximum atomic E-state index is 6.73. The molecule has 0 N–H and O–H groups in total. The Kier molecular flexibility index (Phi) is 7.35. The average Bonchev–Trinajstić information content (AvgIpc) is 3.86. The van der Waals surface area contributed by atoms with Gasteiger partial charge in [-0.2, -0.15) is 0 Å². The van der Waals surface area contributed by atoms with Crippen LogP contribution in [0, 0.1) is 0 Å². The Labute approximate surface area is 320 Å². The normalized spacial score (nSPS) is 11.6. The number of aromatic nitrogens is 5. The molecule has 262 valence electrons. The molecule has 0 saturated carbocycles. The maximum absolute atomic E-state index is 6.73. The van der Waals surface area contributed by atoms with Gasteiger partial charge in [-0.05, 0) is 29.8 Å². The van der Waals surface area contributed by atoms with Gasteiger partial charge in [0.05, 0.1) is 0 Å². The highest BCUT2D eigenvalue weighted by Crippen LogP contribution is 2.41. The van der Waals surface area contributed by atoms with Gasteiger partial charge in [-0.1, -0.05) is 152 Å². The number of hydrogen-bond donors (Lipinski definition) is 0. The van der Waals surface area contributed by atoms with Crippen LogP contribution in [0.15, 0.2) is 185 Å². The van der Waals surface area contributed by atoms with Crippen molar-refractivity contribution < 1.29 is 8.83 Å². The molecule has 0 aliphatic rings. The summed E-state index contributed by atoms with van der Waals surface area (Å²) >= 11 is 0. The Hall–Kier alpha value is -7.77. The lowest BCUT2D eigenvalue weighted by Crippen LogP contribution is -2.00. The van der Waals surface area contributed by atoms with Gasteiger partial charge in [0.1, 0.15) is 28.0 Å². The molecule has 0 fully saturated rings. The summed E-state index contributed by atoms with van der Waals surface area (Å²) in [5.41, 5.74) is 11.0. The molecule has 7 aromatic carbocycles. The van der Waals surface area contributed by atoms with Gasteiger partial charge in [0.15, 0.2) is 28.9 Å². The molecule has 4 heterocycles. The highest BCUT2D eigenvalue weighted by atomic mass is 16.3. The van der Waals surface area contributed by atoms with Gasteiger partial charge >= 0.3 is 0 Å². The van der Waals surface area contributed by atoms with Crippen LogP contribution < -0.4 is 0 Å². The number of hydrogen-bond acceptors (Lipinski definition) is 7. The van der Waals surface area contributed by atoms with Crippen molar-refractivity contribution in [2.75, 3.05) is 0 Å². The van der Waals surface area contributed by atoms with Crippen LogP contribution in [0.1, 0.15) is 0 Å². The van der Waals surface area contributed by atoms with Crippen molar-refractivity contribution in [3.63, 3.8) is 0 Å². The molecular weight excluding hydrogens is 691 g/mol. The summed E-state index contributed by atoms with van der Waals surface area (Å²) in [6, 6.07) is 58.8. The second-order valence-corrected chi connectivity index (χ2v) is 13.6. The van der Waals surface area contributed by atoms with Crippen LogP contribution in [-0.4, -0.2) is 24.9 Å². The first-order valence-corrected chi connectivity index (χ1v) is 18.4. The van der Waals surface area contributed by atoms with Crippen molar-refractivity contribution in [3.8, 4) is 67.9 Å². The zero-order chi connectivity index (χ0) is 37.0. The zero-order valence-corrected chi connectivity index (χ0v) is 29.8. The standard InChI is InChI=1S/C49H29N5O2/c1-4-15-30(16-5-1)42-45-43(36-23-10-11-27-39(36)55-45)51-48(50-42)34-22-12-21-33(29-34)35-24-13-25-37-41-38(26-14-28-40(41)56-44(35)37)49-53-46(31-17-6-2-7-18-31)52-47(54-49)32-19-8-3-9-20-32/h1-29H. The highest BCUT2D eigenvalue weighted by molar-refractivity contribution is 6.15. The second kappa shape index (κ2) is 13.0. The minimum absolute atomic E-state index is 0.576. The number of furan rings is 2. The van der Waals surface area contributed by atoms with E-state index in [1.807, 2.05) is 140 Å². The van der Waals surface area contributed by atoms with E-state index in [0.717, 1.165) is 83.1 Å². The Morgan fingerprint density at radius 2 is 0.839 bits per heavy atom. The highest BCUT2D eigenvalue weighted by Gasteiger charge is 2.21. The van der Waals surface area contributed by atoms with Crippen LogP contribution in [0.4, 0.5) is 0 Å². The van der Waals surface area contributed by atoms with Gasteiger partial charge in [-0.15, -0.1) is 0 Å². The Bertz CT molecular complexity index is 3190. The van der Waals surface area contributed by atoms with Crippen molar-refractivity contribution in [1.29, 1.82) is 0 Å². The molecule has 0 unspecified atom stereocenters. The molecule has 11 aromatic rings. The fourth-order valence-corrected chi connectivity index (χ4v) is 7.53. The van der Waals surface area contributed by atoms with E-state index >= 15 is 0 Å². The van der Waals surface area contributed by atoms with Crippen molar-refractivity contribution in [3.05, 3.63) is 176 Å². The number of rotatable bonds is 6. The molecule has 0 bridgehead atoms. The first-order chi connectivity index (χ1) is 27.7. The minimum Gasteiger partial charge on any atom is -0.455 e. The van der Waals surface area contributed by atoms with Crippen molar-refractivity contribution in [2.45, 2.75) is 0 Å². The van der Waals surface area contributed by atoms with Crippen molar-refractivity contribution in [2.24, 2.45) is 0 Å². The fraction of sp³-hybridized carbons (Fsp3) is 0. The molecule has 0 amide bonds. The molecular formula is C49H29N5O2. The Morgan fingerprint density at radius 1 is 0.321 bits per heavy atom. The lowest BCUT2D eigenvalue weighted by atomic mass is 9.99. The van der Waals surface area contributed by atoms with Gasteiger partial charge in [0.2, 0.25) is 0 Å². The number of nitrogens with zero attached hydrogens (tertiary/aromatic N) is 5. The fourth-order valence-electron chi connectivity index (χ4n) is 7.53. The van der Waals surface area contributed by atoms with Crippen molar-refractivity contribution >= 4 is 44.0 Å². The molecule has 7 heteroatoms. The third kappa shape index (κ3) is 5.33. The van der Waals surface area contributed by atoms with E-state index in [9.17, 15) is 0 Å². The van der Waals surface area contributed by atoms with Crippen LogP contribution in [0.2, 0.25) is 0 Å². The maximum Gasteiger partial charge on any atom is 0.180 e. The molecule has 0 aliphatic heterocycles. The molecule has 4 aromatic heterocycles. The molecule has 56 heavy (non-hydrogen) atoms. The van der Waals surface area contributed by atoms with E-state index in [1.54, 1.807) is 0 Å². The van der Waals surface area contributed by atoms with E-state index in [-0.39, 0.29) is 0 Å². The molecule has 0 atom stereocenters. The summed E-state index contributed by atoms with van der Waals surface area (Å²) < 4.78 is 13.1. The molecule has 7 nitrogen and oxygen atoms in total. The van der Waals surface area contributed by atoms with Crippen LogP contribution >= 0.6 is 0 Å². The first-order valence-electron chi connectivity index (χ1n) is 18.4. The number of fused-ring (bicyclic) bond motifs is 6. The van der Waals surface area contributed by atoms with E-state index in [4.69, 9.17) is 33.8 Å². The molecule has 11 rings (SSSR count). The van der Waals surface area contributed by atoms with E-state index in [1.165, 1.54) is 0 Å². The quantitative estimate of drug-likeness (QED) is 0.169. The summed E-state index contributed by atoms with van der Waals surface area (Å²) in [7, 11) is 0. The monoisotopic (exact) mass is 719 g/mol. The summed E-state index contributed by atoms with van der Waals surface area (Å²) in [5, 5.41) is 2.86. The summed E-state index contributed by atoms with van der Waals surface area (Å²) in [6.07, 6.45) is 0. The predicted molar refractivity (Wildman–Crippen MR) is 223 cm³/mol. The molecule has 0 aliphatic carbocycles. The topological polar surface area (TPSA) is 90.7 Å². The average molecular weight is 720 g/mol. The van der Waals surface area contributed by atoms with Gasteiger partial charge in [0, 0.05) is 49.5 Å². The van der Waals surface area contributed by atoms with Gasteiger partial charge in [-0.25, -0.2) is 24.9 Å². The second-order valence-electron chi connectivity index (χ2n) is 13.6. The first kappa shape index (κ1) is 31.7. The van der Waals surface area contributed by atoms with Crippen LogP contribution in [0.3, 0.4) is 0 Å². The zero-order valence-electron chi connectivity index (χ0n) is 29.8. The molecule has 0 saturated heterocycles. The smallest absolute Gasteiger partial charge is 0.180 e. The largest absolute Gasteiger partial charge is 0.455 e. The van der Waals surface area contributed by atoms with E-state index < -0.39 is 0 Å². The number of para-hydroxylation sites is 2. The van der Waals surface area contributed by atoms with Gasteiger partial charge in [0.25, 0.3) is 0 Å². The van der Waals surface area contributed by atoms with E-state index in [2.05, 4.69) is 36.4 Å². The molecule has 0 spiro atoms. The van der Waals surface area contributed by atoms with Crippen LogP contribution in [-0.2, 0) is 0 Å². The number of benzene rings is 7. The Balaban J connectivity index is 1.07. The summed E-state index contributed by atoms with van der Waals surface area (Å²) in [4.78, 5) is 25.2. The van der Waals surface area contributed by atoms with Crippen LogP contribution in [0.5, 0.6) is 0 Å². The van der Waals surface area contributed by atoms with Gasteiger partial charge in [-0.3, -0.25) is 0 Å². The third-order valence-electron chi connectivity index (χ3n) is 10.2. The minimum atomic E-state index is 0.576. The lowest BCUT2D eigenvalue weighted by Gasteiger charge is -2.09. The van der Waals surface area contributed by atoms with Gasteiger partial charge < -0.3 is 8.83 Å². The lowest BCUT2D eigenvalue weighted by molar-refractivity contribution is 0.667. The predicted octanol–water partition coefficient (Wildman–Crippen LogP) is 12.5. The Morgan fingerprint density at radius 3 is 1.59 bits per heavy atom. The summed E-state index contributed by atoms with van der Waals surface area (Å²) in [6.45, 7) is 0.